The lowest BCUT2D eigenvalue weighted by atomic mass is 10.0. The van der Waals surface area contributed by atoms with Crippen molar-refractivity contribution in [3.05, 3.63) is 111 Å². The molecule has 0 saturated heterocycles. The summed E-state index contributed by atoms with van der Waals surface area (Å²) in [6, 6.07) is 20.5. The van der Waals surface area contributed by atoms with E-state index in [-0.39, 0.29) is 35.7 Å². The van der Waals surface area contributed by atoms with Gasteiger partial charge in [0.25, 0.3) is 5.56 Å². The number of benzene rings is 3. The van der Waals surface area contributed by atoms with Gasteiger partial charge >= 0.3 is 5.97 Å². The number of fused-ring (bicyclic) bond motifs is 1. The molecule has 8 heteroatoms. The molecule has 0 bridgehead atoms. The van der Waals surface area contributed by atoms with Crippen molar-refractivity contribution in [2.24, 2.45) is 0 Å². The van der Waals surface area contributed by atoms with E-state index in [9.17, 15) is 18.0 Å². The van der Waals surface area contributed by atoms with E-state index in [1.807, 2.05) is 56.3 Å². The molecule has 1 N–H and O–H groups in total. The molecule has 3 aromatic carbocycles. The minimum absolute atomic E-state index is 0.0238. The maximum Gasteiger partial charge on any atom is 0.338 e. The van der Waals surface area contributed by atoms with Gasteiger partial charge in [-0.15, -0.1) is 0 Å². The second-order valence-corrected chi connectivity index (χ2v) is 10.6. The quantitative estimate of drug-likeness (QED) is 0.351. The van der Waals surface area contributed by atoms with Gasteiger partial charge in [-0.2, -0.15) is 4.31 Å². The van der Waals surface area contributed by atoms with Crippen LogP contribution < -0.4 is 5.56 Å². The van der Waals surface area contributed by atoms with Gasteiger partial charge in [0.15, 0.2) is 0 Å². The predicted molar refractivity (Wildman–Crippen MR) is 139 cm³/mol. The molecule has 1 aromatic heterocycles. The van der Waals surface area contributed by atoms with Crippen LogP contribution in [0.4, 0.5) is 0 Å². The third kappa shape index (κ3) is 5.24. The summed E-state index contributed by atoms with van der Waals surface area (Å²) >= 11 is 0. The van der Waals surface area contributed by atoms with E-state index in [2.05, 4.69) is 4.98 Å². The Bertz CT molecular complexity index is 1560. The Morgan fingerprint density at radius 1 is 0.917 bits per heavy atom. The van der Waals surface area contributed by atoms with Crippen LogP contribution in [0.5, 0.6) is 0 Å². The number of hydrogen-bond donors (Lipinski definition) is 1. The Hall–Kier alpha value is -3.75. The summed E-state index contributed by atoms with van der Waals surface area (Å²) in [6.07, 6.45) is 0. The first-order valence-corrected chi connectivity index (χ1v) is 13.1. The van der Waals surface area contributed by atoms with E-state index in [1.54, 1.807) is 13.0 Å². The molecule has 4 rings (SSSR count). The lowest BCUT2D eigenvalue weighted by molar-refractivity contribution is 0.0526. The van der Waals surface area contributed by atoms with Crippen molar-refractivity contribution in [3.8, 4) is 0 Å². The number of hydrogen-bond acceptors (Lipinski definition) is 5. The molecule has 4 aromatic rings. The van der Waals surface area contributed by atoms with Crippen molar-refractivity contribution in [1.82, 2.24) is 9.29 Å². The van der Waals surface area contributed by atoms with Crippen LogP contribution in [0.15, 0.2) is 82.5 Å². The number of nitrogens with zero attached hydrogens (tertiary/aromatic N) is 1. The van der Waals surface area contributed by atoms with Gasteiger partial charge in [-0.1, -0.05) is 42.5 Å². The zero-order valence-electron chi connectivity index (χ0n) is 20.4. The van der Waals surface area contributed by atoms with Crippen molar-refractivity contribution in [1.29, 1.82) is 0 Å². The predicted octanol–water partition coefficient (Wildman–Crippen LogP) is 4.71. The smallest absolute Gasteiger partial charge is 0.338 e. The van der Waals surface area contributed by atoms with Crippen LogP contribution in [-0.4, -0.2) is 30.3 Å². The molecule has 0 aliphatic heterocycles. The highest BCUT2D eigenvalue weighted by Gasteiger charge is 2.26. The molecule has 0 atom stereocenters. The summed E-state index contributed by atoms with van der Waals surface area (Å²) in [4.78, 5) is 28.0. The largest absolute Gasteiger partial charge is 0.462 e. The molecule has 7 nitrogen and oxygen atoms in total. The van der Waals surface area contributed by atoms with Gasteiger partial charge in [0.05, 0.1) is 22.6 Å². The fraction of sp³-hybridized carbons (Fsp3) is 0.214. The molecule has 0 radical (unpaired) electrons. The summed E-state index contributed by atoms with van der Waals surface area (Å²) in [6.45, 7) is 5.76. The maximum atomic E-state index is 13.7. The molecule has 0 spiro atoms. The minimum Gasteiger partial charge on any atom is -0.462 e. The summed E-state index contributed by atoms with van der Waals surface area (Å²) in [5, 5.41) is 0.875. The number of aromatic amines is 1. The molecular formula is C28H28N2O5S. The average molecular weight is 505 g/mol. The third-order valence-corrected chi connectivity index (χ3v) is 7.88. The Kier molecular flexibility index (Phi) is 7.37. The summed E-state index contributed by atoms with van der Waals surface area (Å²) in [7, 11) is -4.01. The molecule has 0 fully saturated rings. The van der Waals surface area contributed by atoms with Crippen LogP contribution in [0.25, 0.3) is 10.9 Å². The Morgan fingerprint density at radius 2 is 1.58 bits per heavy atom. The highest BCUT2D eigenvalue weighted by molar-refractivity contribution is 7.89. The zero-order chi connectivity index (χ0) is 25.9. The van der Waals surface area contributed by atoms with Gasteiger partial charge in [0, 0.05) is 24.0 Å². The number of rotatable bonds is 8. The second-order valence-electron chi connectivity index (χ2n) is 8.62. The highest BCUT2D eigenvalue weighted by atomic mass is 32.2. The number of sulfonamides is 1. The molecule has 0 unspecified atom stereocenters. The first kappa shape index (κ1) is 25.3. The normalized spacial score (nSPS) is 11.7. The van der Waals surface area contributed by atoms with E-state index in [0.717, 1.165) is 27.6 Å². The summed E-state index contributed by atoms with van der Waals surface area (Å²) < 4.78 is 33.8. The summed E-state index contributed by atoms with van der Waals surface area (Å²) in [5.41, 5.74) is 3.74. The van der Waals surface area contributed by atoms with Crippen LogP contribution in [0.2, 0.25) is 0 Å². The van der Waals surface area contributed by atoms with Gasteiger partial charge in [-0.25, -0.2) is 13.2 Å². The monoisotopic (exact) mass is 504 g/mol. The molecule has 186 valence electrons. The fourth-order valence-corrected chi connectivity index (χ4v) is 5.47. The number of pyridine rings is 1. The van der Waals surface area contributed by atoms with Crippen LogP contribution in [0.3, 0.4) is 0 Å². The first-order valence-electron chi connectivity index (χ1n) is 11.6. The molecule has 0 amide bonds. The topological polar surface area (TPSA) is 96.5 Å². The number of carbonyl (C=O) groups excluding carboxylic acids is 1. The lowest BCUT2D eigenvalue weighted by Crippen LogP contribution is -2.32. The number of esters is 1. The van der Waals surface area contributed by atoms with Crippen LogP contribution >= 0.6 is 0 Å². The van der Waals surface area contributed by atoms with Gasteiger partial charge < -0.3 is 9.72 Å². The number of aromatic nitrogens is 1. The molecular weight excluding hydrogens is 476 g/mol. The zero-order valence-corrected chi connectivity index (χ0v) is 21.3. The van der Waals surface area contributed by atoms with Crippen molar-refractivity contribution in [2.45, 2.75) is 38.8 Å². The molecule has 1 heterocycles. The number of carbonyl (C=O) groups is 1. The average Bonchev–Trinajstić information content (AvgIpc) is 2.87. The standard InChI is InChI=1S/C28H28N2O5S/c1-4-35-28(32)22-12-14-24(15-13-22)36(33,34)30(17-21-8-6-5-7-9-21)18-23-16-25-19(2)10-11-20(3)26(25)29-27(23)31/h5-16H,4,17-18H2,1-3H3,(H,29,31). The van der Waals surface area contributed by atoms with Crippen molar-refractivity contribution in [2.75, 3.05) is 6.61 Å². The molecule has 0 aliphatic rings. The second kappa shape index (κ2) is 10.5. The van der Waals surface area contributed by atoms with E-state index >= 15 is 0 Å². The van der Waals surface area contributed by atoms with E-state index in [1.165, 1.54) is 28.6 Å². The van der Waals surface area contributed by atoms with Gasteiger partial charge in [0.1, 0.15) is 0 Å². The maximum absolute atomic E-state index is 13.7. The third-order valence-electron chi connectivity index (χ3n) is 6.07. The van der Waals surface area contributed by atoms with Gasteiger partial charge in [-0.3, -0.25) is 4.79 Å². The summed E-state index contributed by atoms with van der Waals surface area (Å²) in [5.74, 6) is -0.518. The Morgan fingerprint density at radius 3 is 2.25 bits per heavy atom. The van der Waals surface area contributed by atoms with Crippen molar-refractivity contribution < 1.29 is 17.9 Å². The van der Waals surface area contributed by atoms with Crippen molar-refractivity contribution >= 4 is 26.9 Å². The SMILES string of the molecule is CCOC(=O)c1ccc(S(=O)(=O)N(Cc2ccccc2)Cc2cc3c(C)ccc(C)c3[nH]c2=O)cc1. The van der Waals surface area contributed by atoms with Crippen LogP contribution in [0, 0.1) is 13.8 Å². The molecule has 36 heavy (non-hydrogen) atoms. The molecule has 0 saturated carbocycles. The Labute approximate surface area is 210 Å². The fourth-order valence-electron chi connectivity index (χ4n) is 4.07. The van der Waals surface area contributed by atoms with E-state index < -0.39 is 16.0 Å². The van der Waals surface area contributed by atoms with Gasteiger partial charge in [-0.05, 0) is 67.8 Å². The number of ether oxygens (including phenoxy) is 1. The van der Waals surface area contributed by atoms with Gasteiger partial charge in [0.2, 0.25) is 10.0 Å². The first-order chi connectivity index (χ1) is 17.2. The number of nitrogens with one attached hydrogen (secondary N) is 1. The van der Waals surface area contributed by atoms with Crippen molar-refractivity contribution in [3.63, 3.8) is 0 Å². The van der Waals surface area contributed by atoms with Crippen LogP contribution in [0.1, 0.15) is 39.5 Å². The van der Waals surface area contributed by atoms with E-state index in [0.29, 0.717) is 5.56 Å². The number of aryl methyl sites for hydroxylation is 2. The lowest BCUT2D eigenvalue weighted by Gasteiger charge is -2.23. The Balaban J connectivity index is 1.75. The van der Waals surface area contributed by atoms with Crippen LogP contribution in [-0.2, 0) is 27.8 Å². The highest BCUT2D eigenvalue weighted by Crippen LogP contribution is 2.24. The van der Waals surface area contributed by atoms with E-state index in [4.69, 9.17) is 4.74 Å². The minimum atomic E-state index is -4.01. The molecule has 0 aliphatic carbocycles. The number of H-pyrrole nitrogens is 1.